The van der Waals surface area contributed by atoms with Crippen molar-refractivity contribution < 1.29 is 4.79 Å². The molecule has 0 atom stereocenters. The van der Waals surface area contributed by atoms with Crippen LogP contribution in [0.1, 0.15) is 19.5 Å². The predicted octanol–water partition coefficient (Wildman–Crippen LogP) is 0.670. The van der Waals surface area contributed by atoms with E-state index in [1.54, 1.807) is 6.20 Å². The quantitative estimate of drug-likeness (QED) is 0.767. The third-order valence-electron chi connectivity index (χ3n) is 2.01. The molecule has 1 heterocycles. The summed E-state index contributed by atoms with van der Waals surface area (Å²) in [5.41, 5.74) is 1.11. The van der Waals surface area contributed by atoms with Crippen molar-refractivity contribution >= 4 is 6.03 Å². The van der Waals surface area contributed by atoms with E-state index < -0.39 is 0 Å². The van der Waals surface area contributed by atoms with Crippen molar-refractivity contribution in [2.24, 2.45) is 7.05 Å². The molecule has 1 rings (SSSR count). The molecule has 5 heteroatoms. The molecule has 0 aliphatic carbocycles. The average Bonchev–Trinajstić information content (AvgIpc) is 2.50. The van der Waals surface area contributed by atoms with Gasteiger partial charge in [-0.3, -0.25) is 4.68 Å². The van der Waals surface area contributed by atoms with Crippen LogP contribution >= 0.6 is 0 Å². The fourth-order valence-corrected chi connectivity index (χ4v) is 1.26. The summed E-state index contributed by atoms with van der Waals surface area (Å²) in [6, 6.07) is 2.00. The zero-order valence-corrected chi connectivity index (χ0v) is 9.45. The lowest BCUT2D eigenvalue weighted by molar-refractivity contribution is 0.238. The summed E-state index contributed by atoms with van der Waals surface area (Å²) < 4.78 is 1.81. The Bertz CT molecular complexity index is 319. The van der Waals surface area contributed by atoms with Crippen LogP contribution < -0.4 is 10.6 Å². The molecule has 0 fully saturated rings. The molecular weight excluding hydrogens is 192 g/mol. The second kappa shape index (κ2) is 5.38. The molecule has 0 aliphatic heterocycles. The van der Waals surface area contributed by atoms with Gasteiger partial charge in [0.2, 0.25) is 0 Å². The van der Waals surface area contributed by atoms with Crippen molar-refractivity contribution in [2.75, 3.05) is 6.54 Å². The third-order valence-corrected chi connectivity index (χ3v) is 2.01. The lowest BCUT2D eigenvalue weighted by Crippen LogP contribution is -2.40. The minimum absolute atomic E-state index is 0.118. The molecule has 0 saturated heterocycles. The van der Waals surface area contributed by atoms with E-state index in [2.05, 4.69) is 15.7 Å². The maximum absolute atomic E-state index is 11.2. The molecule has 0 saturated carbocycles. The third kappa shape index (κ3) is 4.01. The fraction of sp³-hybridized carbons (Fsp3) is 0.600. The summed E-state index contributed by atoms with van der Waals surface area (Å²) in [5, 5.41) is 9.60. The van der Waals surface area contributed by atoms with E-state index in [1.165, 1.54) is 0 Å². The molecule has 15 heavy (non-hydrogen) atoms. The normalized spacial score (nSPS) is 10.4. The van der Waals surface area contributed by atoms with Crippen LogP contribution in [0.25, 0.3) is 0 Å². The topological polar surface area (TPSA) is 59.0 Å². The molecule has 0 aliphatic rings. The van der Waals surface area contributed by atoms with Crippen molar-refractivity contribution in [1.29, 1.82) is 0 Å². The van der Waals surface area contributed by atoms with Crippen molar-refractivity contribution in [3.63, 3.8) is 0 Å². The average molecular weight is 210 g/mol. The van der Waals surface area contributed by atoms with Crippen molar-refractivity contribution in [2.45, 2.75) is 26.3 Å². The fourth-order valence-electron chi connectivity index (χ4n) is 1.26. The first-order valence-corrected chi connectivity index (χ1v) is 5.11. The van der Waals surface area contributed by atoms with Crippen LogP contribution in [-0.4, -0.2) is 28.4 Å². The van der Waals surface area contributed by atoms with E-state index in [4.69, 9.17) is 0 Å². The minimum atomic E-state index is -0.118. The molecular formula is C10H18N4O. The van der Waals surface area contributed by atoms with Gasteiger partial charge in [-0.05, 0) is 19.9 Å². The Morgan fingerprint density at radius 3 is 2.87 bits per heavy atom. The van der Waals surface area contributed by atoms with Gasteiger partial charge < -0.3 is 10.6 Å². The van der Waals surface area contributed by atoms with E-state index in [-0.39, 0.29) is 12.1 Å². The lowest BCUT2D eigenvalue weighted by Gasteiger charge is -2.09. The van der Waals surface area contributed by atoms with E-state index >= 15 is 0 Å². The Morgan fingerprint density at radius 2 is 2.33 bits per heavy atom. The number of hydrogen-bond acceptors (Lipinski definition) is 2. The van der Waals surface area contributed by atoms with Crippen molar-refractivity contribution in [3.05, 3.63) is 18.0 Å². The van der Waals surface area contributed by atoms with Gasteiger partial charge in [0.1, 0.15) is 0 Å². The Hall–Kier alpha value is -1.52. The number of nitrogens with zero attached hydrogens (tertiary/aromatic N) is 2. The zero-order chi connectivity index (χ0) is 11.3. The van der Waals surface area contributed by atoms with Gasteiger partial charge in [-0.25, -0.2) is 4.79 Å². The van der Waals surface area contributed by atoms with Gasteiger partial charge in [0.05, 0.1) is 0 Å². The van der Waals surface area contributed by atoms with Crippen LogP contribution in [-0.2, 0) is 13.5 Å². The molecule has 1 aromatic heterocycles. The second-order valence-electron chi connectivity index (χ2n) is 3.75. The number of aryl methyl sites for hydroxylation is 1. The molecule has 2 amide bonds. The number of aromatic nitrogens is 2. The van der Waals surface area contributed by atoms with Gasteiger partial charge in [0.25, 0.3) is 0 Å². The number of amides is 2. The molecule has 0 radical (unpaired) electrons. The van der Waals surface area contributed by atoms with Crippen LogP contribution in [0.4, 0.5) is 4.79 Å². The highest BCUT2D eigenvalue weighted by molar-refractivity contribution is 5.74. The summed E-state index contributed by atoms with van der Waals surface area (Å²) >= 11 is 0. The Labute approximate surface area is 89.9 Å². The number of hydrogen-bond donors (Lipinski definition) is 2. The lowest BCUT2D eigenvalue weighted by atomic mass is 10.3. The molecule has 2 N–H and O–H groups in total. The minimum Gasteiger partial charge on any atom is -0.338 e. The van der Waals surface area contributed by atoms with E-state index in [0.717, 1.165) is 12.1 Å². The highest BCUT2D eigenvalue weighted by Gasteiger charge is 2.02. The van der Waals surface area contributed by atoms with Crippen LogP contribution in [0.3, 0.4) is 0 Å². The summed E-state index contributed by atoms with van der Waals surface area (Å²) in [5.74, 6) is 0. The maximum atomic E-state index is 11.2. The first-order chi connectivity index (χ1) is 7.09. The summed E-state index contributed by atoms with van der Waals surface area (Å²) in [7, 11) is 1.89. The van der Waals surface area contributed by atoms with Gasteiger partial charge in [-0.2, -0.15) is 5.10 Å². The highest BCUT2D eigenvalue weighted by Crippen LogP contribution is 1.95. The van der Waals surface area contributed by atoms with Crippen LogP contribution in [0.5, 0.6) is 0 Å². The number of carbonyl (C=O) groups excluding carboxylic acids is 1. The predicted molar refractivity (Wildman–Crippen MR) is 58.6 cm³/mol. The molecule has 0 spiro atoms. The molecule has 0 unspecified atom stereocenters. The van der Waals surface area contributed by atoms with Gasteiger partial charge in [-0.1, -0.05) is 0 Å². The SMILES string of the molecule is CC(C)NC(=O)NCCc1ccnn1C. The number of carbonyl (C=O) groups is 1. The number of rotatable bonds is 4. The zero-order valence-electron chi connectivity index (χ0n) is 9.45. The maximum Gasteiger partial charge on any atom is 0.314 e. The van der Waals surface area contributed by atoms with Gasteiger partial charge in [0.15, 0.2) is 0 Å². The largest absolute Gasteiger partial charge is 0.338 e. The molecule has 84 valence electrons. The Morgan fingerprint density at radius 1 is 1.60 bits per heavy atom. The molecule has 0 bridgehead atoms. The molecule has 0 aromatic carbocycles. The monoisotopic (exact) mass is 210 g/mol. The number of nitrogens with one attached hydrogen (secondary N) is 2. The van der Waals surface area contributed by atoms with E-state index in [0.29, 0.717) is 6.54 Å². The van der Waals surface area contributed by atoms with Crippen molar-refractivity contribution in [3.8, 4) is 0 Å². The van der Waals surface area contributed by atoms with Gasteiger partial charge in [0, 0.05) is 37.9 Å². The molecule has 1 aromatic rings. The van der Waals surface area contributed by atoms with Crippen LogP contribution in [0.15, 0.2) is 12.3 Å². The summed E-state index contributed by atoms with van der Waals surface area (Å²) in [6.07, 6.45) is 2.55. The molecule has 5 nitrogen and oxygen atoms in total. The Kier molecular flexibility index (Phi) is 4.15. The van der Waals surface area contributed by atoms with Crippen molar-refractivity contribution in [1.82, 2.24) is 20.4 Å². The summed E-state index contributed by atoms with van der Waals surface area (Å²) in [6.45, 7) is 4.49. The van der Waals surface area contributed by atoms with E-state index in [1.807, 2.05) is 31.6 Å². The Balaban J connectivity index is 2.22. The number of urea groups is 1. The smallest absolute Gasteiger partial charge is 0.314 e. The van der Waals surface area contributed by atoms with Gasteiger partial charge >= 0.3 is 6.03 Å². The second-order valence-corrected chi connectivity index (χ2v) is 3.75. The highest BCUT2D eigenvalue weighted by atomic mass is 16.2. The summed E-state index contributed by atoms with van der Waals surface area (Å²) in [4.78, 5) is 11.2. The van der Waals surface area contributed by atoms with E-state index in [9.17, 15) is 4.79 Å². The first kappa shape index (κ1) is 11.6. The first-order valence-electron chi connectivity index (χ1n) is 5.11. The standard InChI is InChI=1S/C10H18N4O/c1-8(2)13-10(15)11-6-4-9-5-7-12-14(9)3/h5,7-8H,4,6H2,1-3H3,(H2,11,13,15). The van der Waals surface area contributed by atoms with Crippen LogP contribution in [0.2, 0.25) is 0 Å². The van der Waals surface area contributed by atoms with Gasteiger partial charge in [-0.15, -0.1) is 0 Å². The van der Waals surface area contributed by atoms with Crippen LogP contribution in [0, 0.1) is 0 Å².